The molecule has 2 N–H and O–H groups in total. The third-order valence-electron chi connectivity index (χ3n) is 4.92. The highest BCUT2D eigenvalue weighted by Crippen LogP contribution is 2.39. The maximum absolute atomic E-state index is 13.1. The van der Waals surface area contributed by atoms with Gasteiger partial charge in [0.25, 0.3) is 5.91 Å². The topological polar surface area (TPSA) is 107 Å². The van der Waals surface area contributed by atoms with Crippen molar-refractivity contribution in [3.05, 3.63) is 57.9 Å². The molecule has 8 nitrogen and oxygen atoms in total. The van der Waals surface area contributed by atoms with E-state index in [1.165, 1.54) is 24.6 Å². The number of alkyl halides is 3. The lowest BCUT2D eigenvalue weighted by Crippen LogP contribution is -2.35. The molecule has 0 saturated carbocycles. The van der Waals surface area contributed by atoms with Crippen LogP contribution in [0.3, 0.4) is 0 Å². The normalized spacial score (nSPS) is 13.3. The summed E-state index contributed by atoms with van der Waals surface area (Å²) in [6.45, 7) is 0.756. The zero-order valence-corrected chi connectivity index (χ0v) is 17.5. The van der Waals surface area contributed by atoms with Crippen molar-refractivity contribution in [1.82, 2.24) is 19.9 Å². The van der Waals surface area contributed by atoms with Crippen LogP contribution >= 0.6 is 11.3 Å². The summed E-state index contributed by atoms with van der Waals surface area (Å²) in [6.07, 6.45) is -0.334. The van der Waals surface area contributed by atoms with Crippen molar-refractivity contribution in [2.24, 2.45) is 0 Å². The number of rotatable bonds is 4. The second-order valence-electron chi connectivity index (χ2n) is 6.87. The lowest BCUT2D eigenvalue weighted by Gasteiger charge is -2.26. The first kappa shape index (κ1) is 21.5. The number of pyridine rings is 1. The predicted molar refractivity (Wildman–Crippen MR) is 112 cm³/mol. The number of nitrogens with zero attached hydrogens (tertiary/aromatic N) is 5. The van der Waals surface area contributed by atoms with Crippen molar-refractivity contribution in [2.45, 2.75) is 19.1 Å². The van der Waals surface area contributed by atoms with Gasteiger partial charge in [0.15, 0.2) is 0 Å². The fraction of sp³-hybridized carbons (Fsp3) is 0.250. The van der Waals surface area contributed by atoms with E-state index in [9.17, 15) is 23.2 Å². The van der Waals surface area contributed by atoms with E-state index in [-0.39, 0.29) is 17.7 Å². The van der Waals surface area contributed by atoms with Gasteiger partial charge in [-0.05, 0) is 24.1 Å². The van der Waals surface area contributed by atoms with E-state index >= 15 is 0 Å². The Labute approximate surface area is 184 Å². The third kappa shape index (κ3) is 4.06. The molecule has 4 rings (SSSR count). The monoisotopic (exact) mass is 459 g/mol. The van der Waals surface area contributed by atoms with E-state index in [2.05, 4.69) is 31.7 Å². The van der Waals surface area contributed by atoms with Crippen LogP contribution in [0.1, 0.15) is 31.9 Å². The first-order chi connectivity index (χ1) is 15.3. The number of anilines is 3. The molecule has 0 unspecified atom stereocenters. The van der Waals surface area contributed by atoms with Crippen LogP contribution in [-0.4, -0.2) is 39.4 Å². The first-order valence-electron chi connectivity index (χ1n) is 9.44. The molecule has 0 atom stereocenters. The molecule has 0 aromatic carbocycles. The quantitative estimate of drug-likeness (QED) is 0.611. The Kier molecular flexibility index (Phi) is 5.67. The fourth-order valence-corrected chi connectivity index (χ4v) is 4.60. The number of nitrogens with one attached hydrogen (secondary N) is 2. The van der Waals surface area contributed by atoms with Crippen molar-refractivity contribution in [2.75, 3.05) is 24.2 Å². The summed E-state index contributed by atoms with van der Waals surface area (Å²) in [5.41, 5.74) is 0.689. The molecular formula is C20H16F3N7OS. The molecule has 32 heavy (non-hydrogen) atoms. The molecule has 1 aliphatic rings. The van der Waals surface area contributed by atoms with E-state index < -0.39 is 11.7 Å². The second-order valence-corrected chi connectivity index (χ2v) is 7.97. The van der Waals surface area contributed by atoms with Crippen LogP contribution in [0.15, 0.2) is 30.7 Å². The van der Waals surface area contributed by atoms with Gasteiger partial charge >= 0.3 is 6.18 Å². The maximum atomic E-state index is 13.1. The van der Waals surface area contributed by atoms with Crippen LogP contribution in [-0.2, 0) is 19.1 Å². The fourth-order valence-electron chi connectivity index (χ4n) is 3.40. The van der Waals surface area contributed by atoms with E-state index in [0.29, 0.717) is 41.8 Å². The summed E-state index contributed by atoms with van der Waals surface area (Å²) >= 11 is 1.26. The van der Waals surface area contributed by atoms with Crippen LogP contribution in [0.5, 0.6) is 0 Å². The van der Waals surface area contributed by atoms with Crippen LogP contribution in [0.25, 0.3) is 0 Å². The number of amides is 1. The third-order valence-corrected chi connectivity index (χ3v) is 6.05. The Hall–Kier alpha value is -3.72. The minimum absolute atomic E-state index is 0.0688. The molecule has 0 radical (unpaired) electrons. The van der Waals surface area contributed by atoms with Crippen molar-refractivity contribution in [3.63, 3.8) is 0 Å². The van der Waals surface area contributed by atoms with Crippen LogP contribution < -0.4 is 10.6 Å². The average molecular weight is 459 g/mol. The van der Waals surface area contributed by atoms with Gasteiger partial charge in [0.2, 0.25) is 5.95 Å². The summed E-state index contributed by atoms with van der Waals surface area (Å²) in [7, 11) is 1.33. The second kappa shape index (κ2) is 8.43. The molecule has 0 fully saturated rings. The smallest absolute Gasteiger partial charge is 0.372 e. The summed E-state index contributed by atoms with van der Waals surface area (Å²) in [6, 6.07) is 5.52. The molecule has 3 aromatic rings. The Morgan fingerprint density at radius 1 is 1.34 bits per heavy atom. The van der Waals surface area contributed by atoms with Gasteiger partial charge in [-0.15, -0.1) is 11.3 Å². The molecule has 12 heteroatoms. The Morgan fingerprint density at radius 3 is 2.81 bits per heavy atom. The highest BCUT2D eigenvalue weighted by molar-refractivity contribution is 7.16. The number of hydrogen-bond donors (Lipinski definition) is 2. The number of carbonyl (C=O) groups excluding carboxylic acids is 1. The molecule has 1 amide bonds. The van der Waals surface area contributed by atoms with Crippen LogP contribution in [0.2, 0.25) is 0 Å². The van der Waals surface area contributed by atoms with E-state index in [4.69, 9.17) is 0 Å². The highest BCUT2D eigenvalue weighted by Gasteiger charge is 2.35. The first-order valence-corrected chi connectivity index (χ1v) is 10.3. The molecule has 3 aromatic heterocycles. The lowest BCUT2D eigenvalue weighted by atomic mass is 10.0. The Morgan fingerprint density at radius 2 is 2.16 bits per heavy atom. The molecule has 164 valence electrons. The minimum Gasteiger partial charge on any atom is -0.372 e. The standard InChI is InChI=1S/C20H16F3N7OS/c1-25-16-14(20(21,22)23)9-27-19(28-16)29-17-13(7-24)12-4-6-30(10-15(12)32-17)18(31)11-3-2-5-26-8-11/h2-3,5,8-9H,4,6,10H2,1H3,(H2,25,27,28,29). The molecular weight excluding hydrogens is 443 g/mol. The van der Waals surface area contributed by atoms with E-state index in [1.807, 2.05) is 0 Å². The van der Waals surface area contributed by atoms with Gasteiger partial charge in [0.05, 0.1) is 17.7 Å². The minimum atomic E-state index is -4.60. The largest absolute Gasteiger partial charge is 0.421 e. The van der Waals surface area contributed by atoms with Gasteiger partial charge < -0.3 is 15.5 Å². The number of halogens is 3. The number of carbonyl (C=O) groups is 1. The SMILES string of the molecule is CNc1nc(Nc2sc3c(c2C#N)CCN(C(=O)c2cccnc2)C3)ncc1C(F)(F)F. The zero-order chi connectivity index (χ0) is 22.9. The molecule has 4 heterocycles. The van der Waals surface area contributed by atoms with Gasteiger partial charge in [0, 0.05) is 37.1 Å². The van der Waals surface area contributed by atoms with Gasteiger partial charge in [0.1, 0.15) is 22.5 Å². The molecule has 1 aliphatic heterocycles. The van der Waals surface area contributed by atoms with E-state index in [1.54, 1.807) is 23.2 Å². The van der Waals surface area contributed by atoms with Crippen molar-refractivity contribution in [3.8, 4) is 6.07 Å². The molecule has 0 saturated heterocycles. The molecule has 0 aliphatic carbocycles. The highest BCUT2D eigenvalue weighted by atomic mass is 32.1. The van der Waals surface area contributed by atoms with Gasteiger partial charge in [-0.1, -0.05) is 0 Å². The summed E-state index contributed by atoms with van der Waals surface area (Å²) in [4.78, 5) is 26.9. The predicted octanol–water partition coefficient (Wildman–Crippen LogP) is 3.81. The van der Waals surface area contributed by atoms with Crippen molar-refractivity contribution >= 4 is 34.0 Å². The lowest BCUT2D eigenvalue weighted by molar-refractivity contribution is -0.137. The number of thiophene rings is 1. The van der Waals surface area contributed by atoms with Crippen molar-refractivity contribution < 1.29 is 18.0 Å². The summed E-state index contributed by atoms with van der Waals surface area (Å²) < 4.78 is 39.2. The molecule has 0 bridgehead atoms. The van der Waals surface area contributed by atoms with Crippen LogP contribution in [0.4, 0.5) is 29.9 Å². The number of hydrogen-bond acceptors (Lipinski definition) is 8. The Bertz CT molecular complexity index is 1200. The van der Waals surface area contributed by atoms with Gasteiger partial charge in [-0.2, -0.15) is 23.4 Å². The maximum Gasteiger partial charge on any atom is 0.421 e. The molecule has 0 spiro atoms. The van der Waals surface area contributed by atoms with E-state index in [0.717, 1.165) is 10.4 Å². The van der Waals surface area contributed by atoms with Crippen molar-refractivity contribution in [1.29, 1.82) is 5.26 Å². The van der Waals surface area contributed by atoms with Crippen LogP contribution in [0, 0.1) is 11.3 Å². The number of fused-ring (bicyclic) bond motifs is 1. The Balaban J connectivity index is 1.60. The average Bonchev–Trinajstić information content (AvgIpc) is 3.14. The number of aromatic nitrogens is 3. The van der Waals surface area contributed by atoms with Gasteiger partial charge in [-0.3, -0.25) is 9.78 Å². The van der Waals surface area contributed by atoms with Gasteiger partial charge in [-0.25, -0.2) is 4.98 Å². The zero-order valence-electron chi connectivity index (χ0n) is 16.7. The number of nitriles is 1. The summed E-state index contributed by atoms with van der Waals surface area (Å²) in [5.74, 6) is -0.598. The summed E-state index contributed by atoms with van der Waals surface area (Å²) in [5, 5.41) is 15.4.